The maximum Gasteiger partial charge on any atom is 0.238 e. The normalized spacial score (nSPS) is 16.4. The maximum absolute atomic E-state index is 13.4. The number of anilines is 1. The van der Waals surface area contributed by atoms with Gasteiger partial charge in [0.2, 0.25) is 5.95 Å². The van der Waals surface area contributed by atoms with Crippen molar-refractivity contribution in [2.75, 3.05) is 5.73 Å². The molecule has 0 atom stereocenters. The van der Waals surface area contributed by atoms with Crippen LogP contribution in [0.25, 0.3) is 5.52 Å². The van der Waals surface area contributed by atoms with Gasteiger partial charge in [-0.1, -0.05) is 0 Å². The van der Waals surface area contributed by atoms with Gasteiger partial charge in [-0.25, -0.2) is 13.9 Å². The Hall–Kier alpha value is -1.65. The van der Waals surface area contributed by atoms with Crippen molar-refractivity contribution in [3.05, 3.63) is 23.8 Å². The third-order valence-corrected chi connectivity index (χ3v) is 2.51. The summed E-state index contributed by atoms with van der Waals surface area (Å²) in [5.74, 6) is 0.350. The van der Waals surface area contributed by atoms with Gasteiger partial charge in [0.15, 0.2) is 5.82 Å². The Bertz CT molecular complexity index is 501. The Morgan fingerprint density at radius 1 is 1.50 bits per heavy atom. The fourth-order valence-corrected chi connectivity index (χ4v) is 1.66. The molecule has 3 rings (SSSR count). The number of nitrogens with zero attached hydrogens (tertiary/aromatic N) is 3. The largest absolute Gasteiger partial charge is 0.367 e. The minimum Gasteiger partial charge on any atom is -0.367 e. The molecule has 0 aliphatic heterocycles. The number of hydrogen-bond donors (Lipinski definition) is 1. The zero-order valence-electron chi connectivity index (χ0n) is 7.44. The molecule has 2 N–H and O–H groups in total. The van der Waals surface area contributed by atoms with Crippen LogP contribution in [0, 0.1) is 5.82 Å². The minimum absolute atomic E-state index is 0.176. The average Bonchev–Trinajstić information content (AvgIpc) is 2.93. The van der Waals surface area contributed by atoms with Crippen molar-refractivity contribution in [3.63, 3.8) is 0 Å². The molecule has 0 aromatic carbocycles. The Morgan fingerprint density at radius 3 is 3.00 bits per heavy atom. The molecule has 14 heavy (non-hydrogen) atoms. The summed E-state index contributed by atoms with van der Waals surface area (Å²) in [7, 11) is 0. The highest BCUT2D eigenvalue weighted by Crippen LogP contribution is 2.40. The van der Waals surface area contributed by atoms with Gasteiger partial charge in [0.05, 0.1) is 6.20 Å². The molecular formula is C9H9FN4. The molecule has 1 aliphatic carbocycles. The van der Waals surface area contributed by atoms with Crippen molar-refractivity contribution in [3.8, 4) is 0 Å². The summed E-state index contributed by atoms with van der Waals surface area (Å²) in [5, 5.41) is 4.00. The fraction of sp³-hybridized carbons (Fsp3) is 0.333. The van der Waals surface area contributed by atoms with E-state index in [1.165, 1.54) is 12.3 Å². The van der Waals surface area contributed by atoms with Gasteiger partial charge >= 0.3 is 0 Å². The molecule has 2 aromatic heterocycles. The van der Waals surface area contributed by atoms with Gasteiger partial charge in [0.25, 0.3) is 0 Å². The van der Waals surface area contributed by atoms with E-state index in [2.05, 4.69) is 10.1 Å². The van der Waals surface area contributed by atoms with E-state index >= 15 is 0 Å². The maximum atomic E-state index is 13.4. The van der Waals surface area contributed by atoms with Crippen LogP contribution < -0.4 is 5.73 Å². The van der Waals surface area contributed by atoms with Crippen LogP contribution in [-0.4, -0.2) is 14.6 Å². The molecule has 2 aromatic rings. The van der Waals surface area contributed by atoms with Crippen LogP contribution in [0.1, 0.15) is 24.5 Å². The number of nitrogens with two attached hydrogens (primary N) is 1. The molecule has 0 unspecified atom stereocenters. The topological polar surface area (TPSA) is 56.2 Å². The van der Waals surface area contributed by atoms with Gasteiger partial charge in [0, 0.05) is 11.6 Å². The molecule has 2 heterocycles. The van der Waals surface area contributed by atoms with Crippen LogP contribution in [0.5, 0.6) is 0 Å². The molecule has 72 valence electrons. The van der Waals surface area contributed by atoms with E-state index in [0.717, 1.165) is 18.5 Å². The summed E-state index contributed by atoms with van der Waals surface area (Å²) in [6.45, 7) is 0. The standard InChI is InChI=1S/C9H9FN4/c10-6-3-7(5-1-2-5)14-8(6)4-12-9(11)13-14/h3-5H,1-2H2,(H2,11,13). The summed E-state index contributed by atoms with van der Waals surface area (Å²) in [6, 6.07) is 1.53. The van der Waals surface area contributed by atoms with Crippen molar-refractivity contribution >= 4 is 11.5 Å². The van der Waals surface area contributed by atoms with Crippen molar-refractivity contribution in [2.45, 2.75) is 18.8 Å². The quantitative estimate of drug-likeness (QED) is 0.741. The van der Waals surface area contributed by atoms with Crippen LogP contribution in [0.15, 0.2) is 12.3 Å². The molecule has 0 bridgehead atoms. The summed E-state index contributed by atoms with van der Waals surface area (Å²) >= 11 is 0. The molecule has 1 saturated carbocycles. The first kappa shape index (κ1) is 7.73. The van der Waals surface area contributed by atoms with Gasteiger partial charge in [-0.15, -0.1) is 5.10 Å². The van der Waals surface area contributed by atoms with Gasteiger partial charge in [0.1, 0.15) is 5.52 Å². The van der Waals surface area contributed by atoms with E-state index in [0.29, 0.717) is 11.4 Å². The van der Waals surface area contributed by atoms with E-state index in [-0.39, 0.29) is 11.8 Å². The van der Waals surface area contributed by atoms with Crippen LogP contribution in [0.3, 0.4) is 0 Å². The first-order valence-electron chi connectivity index (χ1n) is 4.55. The summed E-state index contributed by atoms with van der Waals surface area (Å²) < 4.78 is 14.9. The highest BCUT2D eigenvalue weighted by molar-refractivity contribution is 5.50. The average molecular weight is 192 g/mol. The van der Waals surface area contributed by atoms with Gasteiger partial charge < -0.3 is 5.73 Å². The van der Waals surface area contributed by atoms with Crippen molar-refractivity contribution in [1.82, 2.24) is 14.6 Å². The minimum atomic E-state index is -0.271. The highest BCUT2D eigenvalue weighted by Gasteiger charge is 2.28. The van der Waals surface area contributed by atoms with Crippen molar-refractivity contribution < 1.29 is 4.39 Å². The van der Waals surface area contributed by atoms with Crippen molar-refractivity contribution in [1.29, 1.82) is 0 Å². The second-order valence-electron chi connectivity index (χ2n) is 3.60. The summed E-state index contributed by atoms with van der Waals surface area (Å²) in [4.78, 5) is 3.77. The van der Waals surface area contributed by atoms with Crippen LogP contribution in [-0.2, 0) is 0 Å². The van der Waals surface area contributed by atoms with E-state index in [1.807, 2.05) is 0 Å². The first-order chi connectivity index (χ1) is 6.75. The lowest BCUT2D eigenvalue weighted by Crippen LogP contribution is -2.02. The van der Waals surface area contributed by atoms with Crippen LogP contribution in [0.4, 0.5) is 10.3 Å². The van der Waals surface area contributed by atoms with Gasteiger partial charge in [-0.2, -0.15) is 0 Å². The Morgan fingerprint density at radius 2 is 2.29 bits per heavy atom. The number of rotatable bonds is 1. The Labute approximate surface area is 79.6 Å². The molecule has 4 nitrogen and oxygen atoms in total. The van der Waals surface area contributed by atoms with Crippen LogP contribution in [0.2, 0.25) is 0 Å². The molecule has 0 radical (unpaired) electrons. The number of nitrogen functional groups attached to an aromatic ring is 1. The summed E-state index contributed by atoms with van der Waals surface area (Å²) in [6.07, 6.45) is 3.63. The Kier molecular flexibility index (Phi) is 1.34. The smallest absolute Gasteiger partial charge is 0.238 e. The first-order valence-corrected chi connectivity index (χ1v) is 4.55. The molecule has 0 saturated heterocycles. The number of fused-ring (bicyclic) bond motifs is 1. The monoisotopic (exact) mass is 192 g/mol. The lowest BCUT2D eigenvalue weighted by molar-refractivity contribution is 0.638. The predicted octanol–water partition coefficient (Wildman–Crippen LogP) is 1.33. The SMILES string of the molecule is Nc1ncc2c(F)cc(C3CC3)n2n1. The van der Waals surface area contributed by atoms with Gasteiger partial charge in [-0.05, 0) is 18.9 Å². The van der Waals surface area contributed by atoms with Gasteiger partial charge in [-0.3, -0.25) is 0 Å². The lowest BCUT2D eigenvalue weighted by atomic mass is 10.3. The fourth-order valence-electron chi connectivity index (χ4n) is 1.66. The molecule has 1 fully saturated rings. The molecule has 0 spiro atoms. The number of halogens is 1. The third kappa shape index (κ3) is 0.982. The number of hydrogen-bond acceptors (Lipinski definition) is 3. The van der Waals surface area contributed by atoms with E-state index in [4.69, 9.17) is 5.73 Å². The van der Waals surface area contributed by atoms with Crippen molar-refractivity contribution in [2.24, 2.45) is 0 Å². The van der Waals surface area contributed by atoms with Crippen LogP contribution >= 0.6 is 0 Å². The van der Waals surface area contributed by atoms with E-state index in [9.17, 15) is 4.39 Å². The molecule has 1 aliphatic rings. The van der Waals surface area contributed by atoms with E-state index < -0.39 is 0 Å². The Balaban J connectivity index is 2.33. The second kappa shape index (κ2) is 2.43. The molecular weight excluding hydrogens is 183 g/mol. The van der Waals surface area contributed by atoms with E-state index in [1.54, 1.807) is 4.52 Å². The third-order valence-electron chi connectivity index (χ3n) is 2.51. The molecule has 5 heteroatoms. The zero-order chi connectivity index (χ0) is 9.71. The predicted molar refractivity (Wildman–Crippen MR) is 49.3 cm³/mol. The lowest BCUT2D eigenvalue weighted by Gasteiger charge is -1.98. The number of aromatic nitrogens is 3. The zero-order valence-corrected chi connectivity index (χ0v) is 7.44. The summed E-state index contributed by atoms with van der Waals surface area (Å²) in [5.41, 5.74) is 6.77. The second-order valence-corrected chi connectivity index (χ2v) is 3.60. The highest BCUT2D eigenvalue weighted by atomic mass is 19.1. The molecule has 0 amide bonds.